The molecule has 7 rings (SSSR count). The van der Waals surface area contributed by atoms with Crippen LogP contribution in [0.5, 0.6) is 0 Å². The van der Waals surface area contributed by atoms with Crippen molar-refractivity contribution in [3.05, 3.63) is 35.4 Å². The molecule has 246 valence electrons. The van der Waals surface area contributed by atoms with Gasteiger partial charge in [-0.1, -0.05) is 19.1 Å². The third-order valence-corrected chi connectivity index (χ3v) is 13.3. The van der Waals surface area contributed by atoms with Gasteiger partial charge in [-0.3, -0.25) is 23.2 Å². The Kier molecular flexibility index (Phi) is 6.77. The molecule has 5 heterocycles. The third-order valence-electron chi connectivity index (χ3n) is 11.5. The topological polar surface area (TPSA) is 204 Å². The normalized spacial score (nSPS) is 30.2. The highest BCUT2D eigenvalue weighted by Gasteiger charge is 2.63. The molecule has 46 heavy (non-hydrogen) atoms. The molecule has 0 radical (unpaired) electrons. The fourth-order valence-electron chi connectivity index (χ4n) is 9.37. The van der Waals surface area contributed by atoms with Gasteiger partial charge in [0.2, 0.25) is 5.91 Å². The number of piperazine rings is 1. The number of hydrogen-bond acceptors (Lipinski definition) is 8. The lowest BCUT2D eigenvalue weighted by molar-refractivity contribution is -1.04. The van der Waals surface area contributed by atoms with Crippen LogP contribution in [-0.2, 0) is 42.3 Å². The third kappa shape index (κ3) is 4.28. The molecule has 3 unspecified atom stereocenters. The number of aliphatic hydroxyl groups excluding tert-OH is 1. The molecule has 6 atom stereocenters. The van der Waals surface area contributed by atoms with Gasteiger partial charge in [-0.25, -0.2) is 8.42 Å². The highest BCUT2D eigenvalue weighted by Crippen LogP contribution is 2.51. The van der Waals surface area contributed by atoms with E-state index in [9.17, 15) is 37.8 Å². The van der Waals surface area contributed by atoms with Gasteiger partial charge in [-0.05, 0) is 25.0 Å². The van der Waals surface area contributed by atoms with Crippen LogP contribution in [0.4, 0.5) is 5.69 Å². The smallest absolute Gasteiger partial charge is 0.272 e. The van der Waals surface area contributed by atoms with Crippen LogP contribution < -0.4 is 20.9 Å². The molecule has 2 aromatic rings. The Morgan fingerprint density at radius 2 is 1.59 bits per heavy atom. The largest absolute Gasteiger partial charge is 0.548 e. The summed E-state index contributed by atoms with van der Waals surface area (Å²) in [6, 6.07) is 5.39. The molecule has 14 nitrogen and oxygen atoms in total. The van der Waals surface area contributed by atoms with Crippen LogP contribution in [-0.4, -0.2) is 115 Å². The summed E-state index contributed by atoms with van der Waals surface area (Å²) in [6.45, 7) is 7.01. The molecular formula is C31H39N6O8S+. The first kappa shape index (κ1) is 30.8. The number of carbonyl (C=O) groups is 4. The lowest BCUT2D eigenvalue weighted by Crippen LogP contribution is -2.69. The molecule has 5 N–H and O–H groups in total. The number of β-lactam (4-membered cyclic amide) rings is 1. The number of anilines is 1. The summed E-state index contributed by atoms with van der Waals surface area (Å²) in [6.07, 6.45) is -0.958. The van der Waals surface area contributed by atoms with Crippen molar-refractivity contribution in [1.82, 2.24) is 4.90 Å². The van der Waals surface area contributed by atoms with E-state index in [0.717, 1.165) is 16.5 Å². The van der Waals surface area contributed by atoms with Gasteiger partial charge in [0.15, 0.2) is 13.1 Å². The minimum absolute atomic E-state index is 0.0419. The average Bonchev–Trinajstić information content (AvgIpc) is 3.33. The van der Waals surface area contributed by atoms with Crippen LogP contribution >= 0.6 is 0 Å². The van der Waals surface area contributed by atoms with Gasteiger partial charge in [-0.15, -0.1) is 0 Å². The second-order valence-corrected chi connectivity index (χ2v) is 16.0. The molecule has 3 fully saturated rings. The van der Waals surface area contributed by atoms with Crippen LogP contribution in [0.25, 0.3) is 10.8 Å². The summed E-state index contributed by atoms with van der Waals surface area (Å²) in [7, 11) is -4.03. The number of aliphatic carboxylic acids is 1. The number of carbonyl (C=O) groups excluding carboxylic acids is 4. The fourth-order valence-corrected chi connectivity index (χ4v) is 11.1. The summed E-state index contributed by atoms with van der Waals surface area (Å²) in [5.41, 5.74) is 13.6. The van der Waals surface area contributed by atoms with E-state index in [1.165, 1.54) is 16.1 Å². The molecular weight excluding hydrogens is 616 g/mol. The molecule has 3 amide bonds. The Labute approximate surface area is 266 Å². The summed E-state index contributed by atoms with van der Waals surface area (Å²) in [4.78, 5) is 50.4. The van der Waals surface area contributed by atoms with Crippen molar-refractivity contribution >= 4 is 50.2 Å². The van der Waals surface area contributed by atoms with Gasteiger partial charge in [0.05, 0.1) is 34.6 Å². The zero-order chi connectivity index (χ0) is 33.1. The molecule has 2 aromatic carbocycles. The van der Waals surface area contributed by atoms with Gasteiger partial charge in [-0.2, -0.15) is 0 Å². The second-order valence-electron chi connectivity index (χ2n) is 14.2. The van der Waals surface area contributed by atoms with E-state index in [-0.39, 0.29) is 34.9 Å². The van der Waals surface area contributed by atoms with Crippen molar-refractivity contribution in [2.45, 2.75) is 50.0 Å². The first-order chi connectivity index (χ1) is 21.6. The Balaban J connectivity index is 1.21. The van der Waals surface area contributed by atoms with Crippen molar-refractivity contribution in [2.24, 2.45) is 29.2 Å². The summed E-state index contributed by atoms with van der Waals surface area (Å²) >= 11 is 0. The van der Waals surface area contributed by atoms with Gasteiger partial charge in [0.25, 0.3) is 21.8 Å². The highest BCUT2D eigenvalue weighted by atomic mass is 32.2. The number of fused-ring (bicyclic) bond motifs is 1. The number of carboxylic acids is 1. The van der Waals surface area contributed by atoms with Crippen molar-refractivity contribution in [1.29, 1.82) is 0 Å². The first-order valence-electron chi connectivity index (χ1n) is 15.7. The standard InChI is InChI=1S/C31H38N6O8S/c1-16-20(29(31(42)43)35-28(16)25(17(2)38)30(35)41)11-34-21-5-3-18-12-36(7-9-37(10-8-36,14-23(32)39)15-24(33)40)13-19-4-6-22(46(34,44)45)27(21)26(18)19/h3-6,16-17,20,25,28-29,38H,7-15H2,1-2H3,(H3-2,32,33,39,40,42,43)/p+1/t16?,17-,20?,25-,28-,29?/m1/s1. The Bertz CT molecular complexity index is 1790. The number of primary amides is 2. The number of quaternary nitrogens is 2. The molecule has 0 aromatic heterocycles. The van der Waals surface area contributed by atoms with E-state index < -0.39 is 63.7 Å². The van der Waals surface area contributed by atoms with E-state index in [0.29, 0.717) is 54.8 Å². The minimum atomic E-state index is -4.03. The van der Waals surface area contributed by atoms with Gasteiger partial charge < -0.3 is 35.9 Å². The van der Waals surface area contributed by atoms with Gasteiger partial charge in [0.1, 0.15) is 39.3 Å². The number of carboxylic acid groups (broad SMARTS) is 1. The monoisotopic (exact) mass is 655 g/mol. The number of amides is 3. The number of nitrogens with two attached hydrogens (primary N) is 2. The van der Waals surface area contributed by atoms with Crippen molar-refractivity contribution in [3.8, 4) is 0 Å². The van der Waals surface area contributed by atoms with Crippen LogP contribution in [0.3, 0.4) is 0 Å². The van der Waals surface area contributed by atoms with E-state index in [1.54, 1.807) is 19.1 Å². The molecule has 0 saturated carbocycles. The Morgan fingerprint density at radius 1 is 1.00 bits per heavy atom. The Morgan fingerprint density at radius 3 is 2.13 bits per heavy atom. The van der Waals surface area contributed by atoms with Crippen LogP contribution in [0.15, 0.2) is 29.2 Å². The molecule has 1 spiro atoms. The van der Waals surface area contributed by atoms with Gasteiger partial charge in [0, 0.05) is 40.4 Å². The van der Waals surface area contributed by atoms with Crippen LogP contribution in [0.2, 0.25) is 0 Å². The number of nitrogens with zero attached hydrogens (tertiary/aromatic N) is 4. The van der Waals surface area contributed by atoms with Crippen molar-refractivity contribution in [3.63, 3.8) is 0 Å². The maximum absolute atomic E-state index is 14.1. The molecule has 3 saturated heterocycles. The lowest BCUT2D eigenvalue weighted by atomic mass is 9.77. The zero-order valence-corrected chi connectivity index (χ0v) is 26.6. The number of aliphatic hydroxyl groups is 1. The molecule has 5 aliphatic rings. The number of hydrogen-bond donors (Lipinski definition) is 3. The zero-order valence-electron chi connectivity index (χ0n) is 25.8. The van der Waals surface area contributed by atoms with Gasteiger partial charge >= 0.3 is 0 Å². The SMILES string of the molecule is CC1C(CN2c3ccc4c5c(ccc(c35)S2(=O)=O)C[N+]2(CC[N+](CC(N)=O)(CC(N)=O)CC2)C4)C(C(=O)[O-])N2C(=O)[C@H]([C@@H](C)O)[C@@H]12. The summed E-state index contributed by atoms with van der Waals surface area (Å²) in [5.74, 6) is -4.72. The highest BCUT2D eigenvalue weighted by molar-refractivity contribution is 7.93. The number of benzene rings is 2. The molecule has 0 bridgehead atoms. The maximum atomic E-state index is 14.1. The fraction of sp³-hybridized carbons (Fsp3) is 0.548. The summed E-state index contributed by atoms with van der Waals surface area (Å²) in [5, 5.41) is 24.1. The molecule has 15 heteroatoms. The minimum Gasteiger partial charge on any atom is -0.548 e. The van der Waals surface area contributed by atoms with E-state index in [2.05, 4.69) is 0 Å². The Hall–Kier alpha value is -3.79. The maximum Gasteiger partial charge on any atom is 0.272 e. The predicted molar refractivity (Wildman–Crippen MR) is 161 cm³/mol. The number of sulfonamides is 1. The summed E-state index contributed by atoms with van der Waals surface area (Å²) < 4.78 is 30.4. The molecule has 5 aliphatic heterocycles. The van der Waals surface area contributed by atoms with E-state index >= 15 is 0 Å². The van der Waals surface area contributed by atoms with Crippen molar-refractivity contribution < 1.29 is 46.8 Å². The van der Waals surface area contributed by atoms with Crippen LogP contribution in [0.1, 0.15) is 25.0 Å². The van der Waals surface area contributed by atoms with Crippen molar-refractivity contribution in [2.75, 3.05) is 50.1 Å². The van der Waals surface area contributed by atoms with E-state index in [1.807, 2.05) is 12.1 Å². The van der Waals surface area contributed by atoms with E-state index in [4.69, 9.17) is 11.5 Å². The lowest BCUT2D eigenvalue weighted by Gasteiger charge is -2.50. The predicted octanol–water partition coefficient (Wildman–Crippen LogP) is -2.43. The first-order valence-corrected chi connectivity index (χ1v) is 17.1. The average molecular weight is 656 g/mol. The quantitative estimate of drug-likeness (QED) is 0.206. The number of rotatable bonds is 8. The molecule has 0 aliphatic carbocycles. The van der Waals surface area contributed by atoms with Crippen LogP contribution in [0, 0.1) is 17.8 Å². The second kappa shape index (κ2) is 10.1.